The first-order valence-electron chi connectivity index (χ1n) is 5.66. The average Bonchev–Trinajstić information content (AvgIpc) is 3.08. The average molecular weight is 258 g/mol. The fraction of sp³-hybridized carbons (Fsp3) is 0.500. The molecule has 0 amide bonds. The smallest absolute Gasteiger partial charge is 0.344 e. The minimum Gasteiger partial charge on any atom is -0.344 e. The predicted molar refractivity (Wildman–Crippen MR) is 60.8 cm³/mol. The molecule has 0 atom stereocenters. The molecule has 2 rings (SSSR count). The molecule has 3 nitrogen and oxygen atoms in total. The van der Waals surface area contributed by atoms with Crippen LogP contribution in [0.15, 0.2) is 12.3 Å². The number of rotatable bonds is 4. The predicted octanol–water partition coefficient (Wildman–Crippen LogP) is 2.73. The highest BCUT2D eigenvalue weighted by Gasteiger charge is 2.39. The van der Waals surface area contributed by atoms with E-state index in [4.69, 9.17) is 0 Å². The molecule has 0 N–H and O–H groups in total. The number of aldehydes is 1. The maximum atomic E-state index is 12.5. The van der Waals surface area contributed by atoms with E-state index >= 15 is 0 Å². The van der Waals surface area contributed by atoms with Gasteiger partial charge in [0.25, 0.3) is 0 Å². The number of aromatic nitrogens is 1. The van der Waals surface area contributed by atoms with E-state index in [0.29, 0.717) is 23.2 Å². The van der Waals surface area contributed by atoms with E-state index in [-0.39, 0.29) is 6.04 Å². The van der Waals surface area contributed by atoms with Crippen LogP contribution in [-0.2, 0) is 0 Å². The van der Waals surface area contributed by atoms with Gasteiger partial charge in [0.05, 0.1) is 0 Å². The summed E-state index contributed by atoms with van der Waals surface area (Å²) in [6.07, 6.45) is -0.796. The number of nitrogens with zero attached hydrogens (tertiary/aromatic N) is 2. The fourth-order valence-corrected chi connectivity index (χ4v) is 1.91. The molecule has 0 aliphatic heterocycles. The van der Waals surface area contributed by atoms with Crippen molar-refractivity contribution in [2.45, 2.75) is 32.0 Å². The monoisotopic (exact) mass is 258 g/mol. The van der Waals surface area contributed by atoms with Crippen LogP contribution in [0.3, 0.4) is 0 Å². The molecule has 1 saturated carbocycles. The van der Waals surface area contributed by atoms with Gasteiger partial charge in [-0.3, -0.25) is 4.79 Å². The van der Waals surface area contributed by atoms with E-state index in [1.54, 1.807) is 13.0 Å². The molecule has 0 radical (unpaired) electrons. The number of pyridine rings is 1. The molecule has 1 aliphatic rings. The Labute approximate surface area is 103 Å². The molecule has 1 aliphatic carbocycles. The van der Waals surface area contributed by atoms with Gasteiger partial charge in [-0.25, -0.2) is 4.98 Å². The van der Waals surface area contributed by atoms with Crippen molar-refractivity contribution in [3.05, 3.63) is 23.4 Å². The van der Waals surface area contributed by atoms with Crippen LogP contribution < -0.4 is 4.90 Å². The standard InChI is InChI=1S/C12H13F3N2O/c1-8-4-9(6-18)5-16-11(8)17(10-2-3-10)7-12(13,14)15/h4-6,10H,2-3,7H2,1H3. The molecule has 18 heavy (non-hydrogen) atoms. The second-order valence-electron chi connectivity index (χ2n) is 4.50. The number of alkyl halides is 3. The van der Waals surface area contributed by atoms with Crippen molar-refractivity contribution < 1.29 is 18.0 Å². The molecule has 0 aromatic carbocycles. The van der Waals surface area contributed by atoms with Gasteiger partial charge >= 0.3 is 6.18 Å². The summed E-state index contributed by atoms with van der Waals surface area (Å²) in [5, 5.41) is 0. The van der Waals surface area contributed by atoms with Crippen molar-refractivity contribution >= 4 is 12.1 Å². The van der Waals surface area contributed by atoms with Crippen molar-refractivity contribution in [3.8, 4) is 0 Å². The van der Waals surface area contributed by atoms with Crippen LogP contribution in [-0.4, -0.2) is 30.0 Å². The highest BCUT2D eigenvalue weighted by molar-refractivity contribution is 5.75. The Hall–Kier alpha value is -1.59. The second kappa shape index (κ2) is 4.59. The van der Waals surface area contributed by atoms with Gasteiger partial charge in [-0.05, 0) is 31.4 Å². The number of hydrogen-bond donors (Lipinski definition) is 0. The Morgan fingerprint density at radius 3 is 2.61 bits per heavy atom. The van der Waals surface area contributed by atoms with Crippen molar-refractivity contribution in [2.24, 2.45) is 0 Å². The Morgan fingerprint density at radius 2 is 2.17 bits per heavy atom. The van der Waals surface area contributed by atoms with E-state index < -0.39 is 12.7 Å². The van der Waals surface area contributed by atoms with Crippen LogP contribution in [0.4, 0.5) is 19.0 Å². The third-order valence-electron chi connectivity index (χ3n) is 2.82. The zero-order valence-corrected chi connectivity index (χ0v) is 9.87. The number of carbonyl (C=O) groups is 1. The van der Waals surface area contributed by atoms with Crippen molar-refractivity contribution in [1.82, 2.24) is 4.98 Å². The molecule has 0 bridgehead atoms. The molecular weight excluding hydrogens is 245 g/mol. The summed E-state index contributed by atoms with van der Waals surface area (Å²) in [6.45, 7) is 0.674. The van der Waals surface area contributed by atoms with Crippen LogP contribution in [0.1, 0.15) is 28.8 Å². The van der Waals surface area contributed by atoms with Crippen LogP contribution in [0, 0.1) is 6.92 Å². The molecule has 98 valence electrons. The van der Waals surface area contributed by atoms with E-state index in [2.05, 4.69) is 4.98 Å². The van der Waals surface area contributed by atoms with Gasteiger partial charge in [-0.2, -0.15) is 13.2 Å². The van der Waals surface area contributed by atoms with E-state index in [1.165, 1.54) is 11.1 Å². The van der Waals surface area contributed by atoms with Gasteiger partial charge in [0.15, 0.2) is 6.29 Å². The lowest BCUT2D eigenvalue weighted by Crippen LogP contribution is -2.37. The summed E-state index contributed by atoms with van der Waals surface area (Å²) in [5.41, 5.74) is 0.967. The maximum Gasteiger partial charge on any atom is 0.405 e. The Bertz CT molecular complexity index is 455. The lowest BCUT2D eigenvalue weighted by atomic mass is 10.2. The molecule has 6 heteroatoms. The first-order chi connectivity index (χ1) is 8.40. The minimum absolute atomic E-state index is 0.0834. The fourth-order valence-electron chi connectivity index (χ4n) is 1.91. The Kier molecular flexibility index (Phi) is 3.28. The van der Waals surface area contributed by atoms with Gasteiger partial charge in [0.1, 0.15) is 12.4 Å². The van der Waals surface area contributed by atoms with Crippen molar-refractivity contribution in [2.75, 3.05) is 11.4 Å². The largest absolute Gasteiger partial charge is 0.405 e. The number of aryl methyl sites for hydroxylation is 1. The number of carbonyl (C=O) groups excluding carboxylic acids is 1. The molecule has 1 aromatic heterocycles. The van der Waals surface area contributed by atoms with Gasteiger partial charge in [-0.15, -0.1) is 0 Å². The number of anilines is 1. The molecule has 0 spiro atoms. The van der Waals surface area contributed by atoms with Crippen molar-refractivity contribution in [3.63, 3.8) is 0 Å². The SMILES string of the molecule is Cc1cc(C=O)cnc1N(CC(F)(F)F)C1CC1. The summed E-state index contributed by atoms with van der Waals surface area (Å²) < 4.78 is 37.6. The lowest BCUT2D eigenvalue weighted by molar-refractivity contribution is -0.120. The van der Waals surface area contributed by atoms with Gasteiger partial charge in [-0.1, -0.05) is 0 Å². The first kappa shape index (κ1) is 12.9. The van der Waals surface area contributed by atoms with Crippen LogP contribution in [0.25, 0.3) is 0 Å². The summed E-state index contributed by atoms with van der Waals surface area (Å²) in [4.78, 5) is 15.9. The third kappa shape index (κ3) is 3.00. The second-order valence-corrected chi connectivity index (χ2v) is 4.50. The highest BCUT2D eigenvalue weighted by atomic mass is 19.4. The van der Waals surface area contributed by atoms with Crippen molar-refractivity contribution in [1.29, 1.82) is 0 Å². The summed E-state index contributed by atoms with van der Waals surface area (Å²) in [5.74, 6) is 0.320. The van der Waals surface area contributed by atoms with E-state index in [1.807, 2.05) is 0 Å². The minimum atomic E-state index is -4.25. The van der Waals surface area contributed by atoms with Gasteiger partial charge in [0, 0.05) is 17.8 Å². The first-order valence-corrected chi connectivity index (χ1v) is 5.66. The Morgan fingerprint density at radius 1 is 1.50 bits per heavy atom. The van der Waals surface area contributed by atoms with Crippen LogP contribution in [0.2, 0.25) is 0 Å². The zero-order chi connectivity index (χ0) is 13.3. The molecule has 1 heterocycles. The Balaban J connectivity index is 2.28. The topological polar surface area (TPSA) is 33.2 Å². The molecular formula is C12H13F3N2O. The van der Waals surface area contributed by atoms with Gasteiger partial charge < -0.3 is 4.90 Å². The lowest BCUT2D eigenvalue weighted by Gasteiger charge is -2.26. The molecule has 0 unspecified atom stereocenters. The van der Waals surface area contributed by atoms with Crippen LogP contribution in [0.5, 0.6) is 0 Å². The quantitative estimate of drug-likeness (QED) is 0.778. The van der Waals surface area contributed by atoms with Gasteiger partial charge in [0.2, 0.25) is 0 Å². The zero-order valence-electron chi connectivity index (χ0n) is 9.87. The van der Waals surface area contributed by atoms with Crippen LogP contribution >= 0.6 is 0 Å². The summed E-state index contributed by atoms with van der Waals surface area (Å²) >= 11 is 0. The highest BCUT2D eigenvalue weighted by Crippen LogP contribution is 2.34. The van der Waals surface area contributed by atoms with E-state index in [9.17, 15) is 18.0 Å². The molecule has 1 fully saturated rings. The number of hydrogen-bond acceptors (Lipinski definition) is 3. The molecule has 0 saturated heterocycles. The molecule has 1 aromatic rings. The summed E-state index contributed by atoms with van der Waals surface area (Å²) in [6, 6.07) is 1.47. The third-order valence-corrected chi connectivity index (χ3v) is 2.82. The van der Waals surface area contributed by atoms with E-state index in [0.717, 1.165) is 12.8 Å². The summed E-state index contributed by atoms with van der Waals surface area (Å²) in [7, 11) is 0. The maximum absolute atomic E-state index is 12.5. The number of halogens is 3. The normalized spacial score (nSPS) is 15.6.